The second kappa shape index (κ2) is 7.18. The van der Waals surface area contributed by atoms with Crippen LogP contribution in [0.3, 0.4) is 0 Å². The number of aromatic hydroxyl groups is 2. The monoisotopic (exact) mass is 374 g/mol. The lowest BCUT2D eigenvalue weighted by Crippen LogP contribution is -2.05. The van der Waals surface area contributed by atoms with Crippen molar-refractivity contribution in [1.29, 1.82) is 0 Å². The predicted octanol–water partition coefficient (Wildman–Crippen LogP) is 1.87. The summed E-state index contributed by atoms with van der Waals surface area (Å²) in [7, 11) is 2.78. The van der Waals surface area contributed by atoms with Gasteiger partial charge in [0.05, 0.1) is 27.4 Å². The van der Waals surface area contributed by atoms with Gasteiger partial charge in [0.1, 0.15) is 22.5 Å². The first-order valence-corrected chi connectivity index (χ1v) is 7.93. The second-order valence-electron chi connectivity index (χ2n) is 5.76. The lowest BCUT2D eigenvalue weighted by Gasteiger charge is -2.13. The highest BCUT2D eigenvalue weighted by molar-refractivity contribution is 5.87. The minimum atomic E-state index is -0.544. The number of fused-ring (bicyclic) bond motifs is 1. The van der Waals surface area contributed by atoms with Gasteiger partial charge in [-0.3, -0.25) is 4.79 Å². The van der Waals surface area contributed by atoms with Crippen LogP contribution < -0.4 is 14.9 Å². The molecule has 8 heteroatoms. The molecule has 4 N–H and O–H groups in total. The zero-order valence-electron chi connectivity index (χ0n) is 14.6. The molecule has 0 aliphatic heterocycles. The number of aliphatic hydroxyl groups is 2. The van der Waals surface area contributed by atoms with Crippen molar-refractivity contribution >= 4 is 11.0 Å². The summed E-state index contributed by atoms with van der Waals surface area (Å²) in [5, 5.41) is 39.1. The van der Waals surface area contributed by atoms with Gasteiger partial charge in [-0.2, -0.15) is 0 Å². The molecule has 0 fully saturated rings. The molecule has 8 nitrogen and oxygen atoms in total. The second-order valence-corrected chi connectivity index (χ2v) is 5.76. The first kappa shape index (κ1) is 18.6. The average molecular weight is 374 g/mol. The van der Waals surface area contributed by atoms with Crippen molar-refractivity contribution in [3.05, 3.63) is 45.6 Å². The summed E-state index contributed by atoms with van der Waals surface area (Å²) in [6, 6.07) is 5.41. The highest BCUT2D eigenvalue weighted by Crippen LogP contribution is 2.41. The molecule has 1 aromatic heterocycles. The molecule has 3 aromatic rings. The molecule has 0 aliphatic rings. The van der Waals surface area contributed by atoms with E-state index in [0.717, 1.165) is 6.07 Å². The Hall–Kier alpha value is -3.23. The fourth-order valence-electron chi connectivity index (χ4n) is 2.94. The van der Waals surface area contributed by atoms with Crippen molar-refractivity contribution in [2.75, 3.05) is 14.2 Å². The van der Waals surface area contributed by atoms with Gasteiger partial charge in [0.25, 0.3) is 0 Å². The van der Waals surface area contributed by atoms with E-state index in [9.17, 15) is 25.2 Å². The van der Waals surface area contributed by atoms with Crippen LogP contribution in [-0.4, -0.2) is 34.6 Å². The molecule has 0 aliphatic carbocycles. The Morgan fingerprint density at radius 3 is 2.33 bits per heavy atom. The normalized spacial score (nSPS) is 11.0. The molecule has 1 heterocycles. The average Bonchev–Trinajstić information content (AvgIpc) is 2.66. The van der Waals surface area contributed by atoms with E-state index in [0.29, 0.717) is 5.56 Å². The van der Waals surface area contributed by atoms with Gasteiger partial charge in [0, 0.05) is 17.2 Å². The number of phenols is 2. The first-order chi connectivity index (χ1) is 12.9. The van der Waals surface area contributed by atoms with E-state index >= 15 is 0 Å². The Bertz CT molecular complexity index is 1070. The molecule has 27 heavy (non-hydrogen) atoms. The summed E-state index contributed by atoms with van der Waals surface area (Å²) in [6.07, 6.45) is 0. The van der Waals surface area contributed by atoms with Crippen molar-refractivity contribution in [1.82, 2.24) is 0 Å². The molecule has 0 radical (unpaired) electrons. The van der Waals surface area contributed by atoms with Crippen LogP contribution >= 0.6 is 0 Å². The minimum absolute atomic E-state index is 0.0329. The van der Waals surface area contributed by atoms with Crippen LogP contribution in [0.25, 0.3) is 22.3 Å². The number of ether oxygens (including phenoxy) is 2. The molecule has 142 valence electrons. The third kappa shape index (κ3) is 3.05. The fourth-order valence-corrected chi connectivity index (χ4v) is 2.94. The van der Waals surface area contributed by atoms with Crippen LogP contribution in [0, 0.1) is 0 Å². The van der Waals surface area contributed by atoms with Gasteiger partial charge in [-0.1, -0.05) is 0 Å². The third-order valence-corrected chi connectivity index (χ3v) is 4.26. The van der Waals surface area contributed by atoms with Crippen molar-refractivity contribution in [2.24, 2.45) is 0 Å². The largest absolute Gasteiger partial charge is 0.507 e. The fraction of sp³-hybridized carbons (Fsp3) is 0.211. The molecule has 0 saturated heterocycles. The van der Waals surface area contributed by atoms with Crippen LogP contribution in [-0.2, 0) is 13.2 Å². The van der Waals surface area contributed by atoms with Gasteiger partial charge in [0.15, 0.2) is 16.9 Å². The Morgan fingerprint density at radius 1 is 1.00 bits per heavy atom. The number of rotatable bonds is 5. The summed E-state index contributed by atoms with van der Waals surface area (Å²) < 4.78 is 16.0. The zero-order chi connectivity index (χ0) is 19.7. The van der Waals surface area contributed by atoms with Crippen LogP contribution in [0.15, 0.2) is 33.5 Å². The molecule has 0 unspecified atom stereocenters. The van der Waals surface area contributed by atoms with E-state index in [4.69, 9.17) is 13.9 Å². The Labute approximate surface area is 153 Å². The van der Waals surface area contributed by atoms with Gasteiger partial charge >= 0.3 is 0 Å². The maximum absolute atomic E-state index is 12.5. The van der Waals surface area contributed by atoms with Crippen LogP contribution in [0.2, 0.25) is 0 Å². The van der Waals surface area contributed by atoms with E-state index < -0.39 is 24.4 Å². The maximum atomic E-state index is 12.5. The molecule has 0 amide bonds. The van der Waals surface area contributed by atoms with E-state index in [2.05, 4.69) is 0 Å². The lowest BCUT2D eigenvalue weighted by molar-refractivity contribution is 0.255. The number of benzene rings is 2. The van der Waals surface area contributed by atoms with Crippen molar-refractivity contribution in [3.8, 4) is 34.3 Å². The number of hydrogen-bond acceptors (Lipinski definition) is 8. The number of aliphatic hydroxyl groups excluding tert-OH is 2. The van der Waals surface area contributed by atoms with Gasteiger partial charge in [-0.15, -0.1) is 0 Å². The summed E-state index contributed by atoms with van der Waals surface area (Å²) in [5.74, 6) is -0.149. The maximum Gasteiger partial charge on any atom is 0.203 e. The third-order valence-electron chi connectivity index (χ3n) is 4.26. The SMILES string of the molecule is COc1cc(-c2cc(=O)c3c(O)c(CO)c(CO)cc3o2)cc(O)c1OC. The molecule has 0 atom stereocenters. The number of methoxy groups -OCH3 is 2. The van der Waals surface area contributed by atoms with Gasteiger partial charge in [-0.25, -0.2) is 0 Å². The van der Waals surface area contributed by atoms with Gasteiger partial charge in [0.2, 0.25) is 5.75 Å². The molecular weight excluding hydrogens is 356 g/mol. The number of hydrogen-bond donors (Lipinski definition) is 4. The lowest BCUT2D eigenvalue weighted by atomic mass is 10.0. The molecule has 0 bridgehead atoms. The van der Waals surface area contributed by atoms with Gasteiger partial charge < -0.3 is 34.3 Å². The standard InChI is InChI=1S/C19H18O8/c1-25-16-4-9(3-13(23)19(16)26-2)14-6-12(22)17-15(27-14)5-10(7-20)11(8-21)18(17)24/h3-6,20-21,23-24H,7-8H2,1-2H3. The smallest absolute Gasteiger partial charge is 0.203 e. The Balaban J connectivity index is 2.29. The summed E-state index contributed by atoms with van der Waals surface area (Å²) in [6.45, 7) is -0.993. The van der Waals surface area contributed by atoms with Crippen LogP contribution in [0.1, 0.15) is 11.1 Å². The summed E-state index contributed by atoms with van der Waals surface area (Å²) in [5.41, 5.74) is 0.134. The van der Waals surface area contributed by atoms with Crippen LogP contribution in [0.4, 0.5) is 0 Å². The van der Waals surface area contributed by atoms with Crippen LogP contribution in [0.5, 0.6) is 23.0 Å². The number of phenolic OH excluding ortho intramolecular Hbond substituents is 1. The Morgan fingerprint density at radius 2 is 1.74 bits per heavy atom. The van der Waals surface area contributed by atoms with E-state index in [-0.39, 0.29) is 45.1 Å². The van der Waals surface area contributed by atoms with E-state index in [1.54, 1.807) is 0 Å². The summed E-state index contributed by atoms with van der Waals surface area (Å²) in [4.78, 5) is 12.5. The van der Waals surface area contributed by atoms with Gasteiger partial charge in [-0.05, 0) is 23.8 Å². The quantitative estimate of drug-likeness (QED) is 0.533. The predicted molar refractivity (Wildman–Crippen MR) is 96.2 cm³/mol. The molecular formula is C19H18O8. The highest BCUT2D eigenvalue weighted by atomic mass is 16.5. The molecule has 2 aromatic carbocycles. The van der Waals surface area contributed by atoms with Crippen molar-refractivity contribution < 1.29 is 34.3 Å². The highest BCUT2D eigenvalue weighted by Gasteiger charge is 2.19. The van der Waals surface area contributed by atoms with Crippen molar-refractivity contribution in [2.45, 2.75) is 13.2 Å². The summed E-state index contributed by atoms with van der Waals surface area (Å²) >= 11 is 0. The minimum Gasteiger partial charge on any atom is -0.507 e. The topological polar surface area (TPSA) is 130 Å². The molecule has 0 saturated carbocycles. The first-order valence-electron chi connectivity index (χ1n) is 7.93. The molecule has 0 spiro atoms. The van der Waals surface area contributed by atoms with Crippen molar-refractivity contribution in [3.63, 3.8) is 0 Å². The molecule has 3 rings (SSSR count). The zero-order valence-corrected chi connectivity index (χ0v) is 14.6. The Kier molecular flexibility index (Phi) is 4.93. The van der Waals surface area contributed by atoms with E-state index in [1.807, 2.05) is 0 Å². The van der Waals surface area contributed by atoms with E-state index in [1.165, 1.54) is 32.4 Å².